The molecule has 0 aromatic carbocycles. The zero-order valence-electron chi connectivity index (χ0n) is 14.6. The van der Waals surface area contributed by atoms with Crippen molar-refractivity contribution in [3.8, 4) is 0 Å². The minimum atomic E-state index is -0.428. The van der Waals surface area contributed by atoms with Crippen molar-refractivity contribution in [2.45, 2.75) is 39.2 Å². The SMILES string of the molecule is CCOC(=O)c1cnn(CCN2CCC(c3noc(C)n3)CC2)c1N. The van der Waals surface area contributed by atoms with Gasteiger partial charge in [-0.1, -0.05) is 5.16 Å². The fourth-order valence-corrected chi connectivity index (χ4v) is 3.07. The number of carbonyl (C=O) groups excluding carboxylic acids is 1. The highest BCUT2D eigenvalue weighted by Gasteiger charge is 2.24. The van der Waals surface area contributed by atoms with E-state index in [1.165, 1.54) is 6.20 Å². The standard InChI is InChI=1S/C16H24N6O3/c1-3-24-16(23)13-10-18-22(14(13)17)9-8-21-6-4-12(5-7-21)15-19-11(2)25-20-15/h10,12H,3-9,17H2,1-2H3. The number of aryl methyl sites for hydroxylation is 1. The Morgan fingerprint density at radius 1 is 1.40 bits per heavy atom. The van der Waals surface area contributed by atoms with E-state index >= 15 is 0 Å². The third kappa shape index (κ3) is 3.98. The summed E-state index contributed by atoms with van der Waals surface area (Å²) in [6.45, 7) is 7.28. The summed E-state index contributed by atoms with van der Waals surface area (Å²) in [7, 11) is 0. The Bertz CT molecular complexity index is 717. The summed E-state index contributed by atoms with van der Waals surface area (Å²) in [6, 6.07) is 0. The van der Waals surface area contributed by atoms with Gasteiger partial charge in [-0.3, -0.25) is 0 Å². The second-order valence-corrected chi connectivity index (χ2v) is 6.17. The third-order valence-corrected chi connectivity index (χ3v) is 4.50. The molecule has 1 aliphatic rings. The number of esters is 1. The lowest BCUT2D eigenvalue weighted by atomic mass is 9.96. The first-order chi connectivity index (χ1) is 12.1. The number of nitrogens with two attached hydrogens (primary N) is 1. The average Bonchev–Trinajstić information content (AvgIpc) is 3.20. The molecule has 2 aromatic rings. The molecule has 1 fully saturated rings. The van der Waals surface area contributed by atoms with Crippen LogP contribution in [-0.4, -0.2) is 57.0 Å². The number of anilines is 1. The van der Waals surface area contributed by atoms with Crippen molar-refractivity contribution in [1.29, 1.82) is 0 Å². The van der Waals surface area contributed by atoms with Gasteiger partial charge in [0.1, 0.15) is 11.4 Å². The number of ether oxygens (including phenoxy) is 1. The summed E-state index contributed by atoms with van der Waals surface area (Å²) in [5.74, 6) is 1.72. The average molecular weight is 348 g/mol. The molecule has 9 nitrogen and oxygen atoms in total. The molecule has 3 heterocycles. The molecule has 2 aromatic heterocycles. The highest BCUT2D eigenvalue weighted by molar-refractivity contribution is 5.93. The minimum Gasteiger partial charge on any atom is -0.462 e. The molecule has 0 saturated carbocycles. The van der Waals surface area contributed by atoms with Crippen molar-refractivity contribution in [2.75, 3.05) is 32.0 Å². The Morgan fingerprint density at radius 3 is 2.80 bits per heavy atom. The van der Waals surface area contributed by atoms with E-state index in [0.29, 0.717) is 36.3 Å². The predicted molar refractivity (Wildman–Crippen MR) is 90.0 cm³/mol. The molecular weight excluding hydrogens is 324 g/mol. The monoisotopic (exact) mass is 348 g/mol. The fourth-order valence-electron chi connectivity index (χ4n) is 3.07. The Morgan fingerprint density at radius 2 is 2.16 bits per heavy atom. The Labute approximate surface area is 146 Å². The summed E-state index contributed by atoms with van der Waals surface area (Å²) in [6.07, 6.45) is 3.47. The van der Waals surface area contributed by atoms with Crippen molar-refractivity contribution < 1.29 is 14.1 Å². The van der Waals surface area contributed by atoms with Crippen LogP contribution in [0, 0.1) is 6.92 Å². The van der Waals surface area contributed by atoms with Gasteiger partial charge in [-0.25, -0.2) is 9.48 Å². The number of aromatic nitrogens is 4. The van der Waals surface area contributed by atoms with E-state index in [4.69, 9.17) is 15.0 Å². The summed E-state index contributed by atoms with van der Waals surface area (Å²) in [5.41, 5.74) is 6.33. The van der Waals surface area contributed by atoms with Crippen molar-refractivity contribution in [3.05, 3.63) is 23.5 Å². The van der Waals surface area contributed by atoms with Gasteiger partial charge in [0.15, 0.2) is 5.82 Å². The second-order valence-electron chi connectivity index (χ2n) is 6.17. The van der Waals surface area contributed by atoms with Gasteiger partial charge in [0.05, 0.1) is 19.3 Å². The molecule has 0 aliphatic carbocycles. The normalized spacial score (nSPS) is 16.2. The van der Waals surface area contributed by atoms with Crippen LogP contribution in [0.3, 0.4) is 0 Å². The molecule has 136 valence electrons. The first-order valence-electron chi connectivity index (χ1n) is 8.59. The van der Waals surface area contributed by atoms with Crippen LogP contribution in [0.15, 0.2) is 10.7 Å². The van der Waals surface area contributed by atoms with Gasteiger partial charge in [-0.2, -0.15) is 10.1 Å². The van der Waals surface area contributed by atoms with Gasteiger partial charge in [-0.15, -0.1) is 0 Å². The third-order valence-electron chi connectivity index (χ3n) is 4.50. The van der Waals surface area contributed by atoms with Crippen LogP contribution in [0.4, 0.5) is 5.82 Å². The molecule has 9 heteroatoms. The van der Waals surface area contributed by atoms with Crippen LogP contribution in [0.2, 0.25) is 0 Å². The van der Waals surface area contributed by atoms with Crippen molar-refractivity contribution in [1.82, 2.24) is 24.8 Å². The zero-order chi connectivity index (χ0) is 17.8. The van der Waals surface area contributed by atoms with Crippen molar-refractivity contribution in [3.63, 3.8) is 0 Å². The van der Waals surface area contributed by atoms with Crippen LogP contribution in [0.5, 0.6) is 0 Å². The summed E-state index contributed by atoms with van der Waals surface area (Å²) >= 11 is 0. The molecule has 1 aliphatic heterocycles. The number of hydrogen-bond donors (Lipinski definition) is 1. The van der Waals surface area contributed by atoms with Crippen LogP contribution >= 0.6 is 0 Å². The highest BCUT2D eigenvalue weighted by Crippen LogP contribution is 2.25. The Kier molecular flexibility index (Phi) is 5.32. The van der Waals surface area contributed by atoms with E-state index in [9.17, 15) is 4.79 Å². The van der Waals surface area contributed by atoms with Crippen LogP contribution < -0.4 is 5.73 Å². The van der Waals surface area contributed by atoms with Crippen molar-refractivity contribution >= 4 is 11.8 Å². The molecule has 0 unspecified atom stereocenters. The van der Waals surface area contributed by atoms with E-state index in [1.54, 1.807) is 11.6 Å². The van der Waals surface area contributed by atoms with Crippen molar-refractivity contribution in [2.24, 2.45) is 0 Å². The molecular formula is C16H24N6O3. The number of hydrogen-bond acceptors (Lipinski definition) is 8. The molecule has 25 heavy (non-hydrogen) atoms. The lowest BCUT2D eigenvalue weighted by Crippen LogP contribution is -2.35. The van der Waals surface area contributed by atoms with Gasteiger partial charge in [-0.05, 0) is 32.9 Å². The van der Waals surface area contributed by atoms with Gasteiger partial charge in [0, 0.05) is 19.4 Å². The maximum absolute atomic E-state index is 11.8. The first kappa shape index (κ1) is 17.4. The molecule has 3 rings (SSSR count). The van der Waals surface area contributed by atoms with E-state index in [2.05, 4.69) is 20.1 Å². The number of likely N-dealkylation sites (tertiary alicyclic amines) is 1. The van der Waals surface area contributed by atoms with Gasteiger partial charge in [0.2, 0.25) is 5.89 Å². The van der Waals surface area contributed by atoms with Crippen LogP contribution in [0.1, 0.15) is 47.8 Å². The lowest BCUT2D eigenvalue weighted by Gasteiger charge is -2.30. The lowest BCUT2D eigenvalue weighted by molar-refractivity contribution is 0.0527. The predicted octanol–water partition coefficient (Wildman–Crippen LogP) is 1.21. The van der Waals surface area contributed by atoms with Gasteiger partial charge in [0.25, 0.3) is 0 Å². The molecule has 2 N–H and O–H groups in total. The topological polar surface area (TPSA) is 112 Å². The maximum atomic E-state index is 11.8. The molecule has 0 atom stereocenters. The van der Waals surface area contributed by atoms with E-state index < -0.39 is 5.97 Å². The van der Waals surface area contributed by atoms with Crippen LogP contribution in [0.25, 0.3) is 0 Å². The first-order valence-corrected chi connectivity index (χ1v) is 8.59. The second kappa shape index (κ2) is 7.64. The number of nitrogen functional groups attached to an aromatic ring is 1. The van der Waals surface area contributed by atoms with Gasteiger partial charge >= 0.3 is 5.97 Å². The largest absolute Gasteiger partial charge is 0.462 e. The maximum Gasteiger partial charge on any atom is 0.343 e. The van der Waals surface area contributed by atoms with E-state index in [0.717, 1.165) is 38.3 Å². The Balaban J connectivity index is 1.49. The number of piperidine rings is 1. The zero-order valence-corrected chi connectivity index (χ0v) is 14.6. The molecule has 0 spiro atoms. The van der Waals surface area contributed by atoms with E-state index in [1.807, 2.05) is 6.92 Å². The molecule has 0 radical (unpaired) electrons. The quantitative estimate of drug-likeness (QED) is 0.775. The summed E-state index contributed by atoms with van der Waals surface area (Å²) < 4.78 is 11.7. The van der Waals surface area contributed by atoms with Gasteiger partial charge < -0.3 is 19.9 Å². The smallest absolute Gasteiger partial charge is 0.343 e. The Hall–Kier alpha value is -2.42. The molecule has 0 amide bonds. The fraction of sp³-hybridized carbons (Fsp3) is 0.625. The molecule has 1 saturated heterocycles. The number of rotatable bonds is 6. The summed E-state index contributed by atoms with van der Waals surface area (Å²) in [5, 5.41) is 8.23. The summed E-state index contributed by atoms with van der Waals surface area (Å²) in [4.78, 5) is 18.5. The number of carbonyl (C=O) groups is 1. The minimum absolute atomic E-state index is 0.318. The van der Waals surface area contributed by atoms with Crippen LogP contribution in [-0.2, 0) is 11.3 Å². The molecule has 0 bridgehead atoms. The number of nitrogens with zero attached hydrogens (tertiary/aromatic N) is 5. The highest BCUT2D eigenvalue weighted by atomic mass is 16.5. The van der Waals surface area contributed by atoms with E-state index in [-0.39, 0.29) is 0 Å².